The van der Waals surface area contributed by atoms with E-state index in [0.717, 1.165) is 5.56 Å². The first-order valence-corrected chi connectivity index (χ1v) is 5.51. The third-order valence-electron chi connectivity index (χ3n) is 2.26. The molecule has 1 amide bonds. The number of amides is 1. The van der Waals surface area contributed by atoms with Crippen LogP contribution in [0, 0.1) is 0 Å². The van der Waals surface area contributed by atoms with E-state index in [9.17, 15) is 9.59 Å². The number of aliphatic hydroxyl groups excluding tert-OH is 1. The highest BCUT2D eigenvalue weighted by Crippen LogP contribution is 2.01. The molecule has 0 aliphatic heterocycles. The normalized spacial score (nSPS) is 12.3. The predicted molar refractivity (Wildman–Crippen MR) is 66.7 cm³/mol. The Hall–Kier alpha value is -2.14. The summed E-state index contributed by atoms with van der Waals surface area (Å²) < 4.78 is 0. The monoisotopic (exact) mass is 249 g/mol. The van der Waals surface area contributed by atoms with Gasteiger partial charge in [-0.1, -0.05) is 30.3 Å². The van der Waals surface area contributed by atoms with E-state index in [1.165, 1.54) is 6.08 Å². The summed E-state index contributed by atoms with van der Waals surface area (Å²) in [4.78, 5) is 22.2. The fourth-order valence-corrected chi connectivity index (χ4v) is 1.34. The van der Waals surface area contributed by atoms with Gasteiger partial charge in [-0.05, 0) is 11.6 Å². The summed E-state index contributed by atoms with van der Waals surface area (Å²) in [7, 11) is 0. The molecule has 0 radical (unpaired) electrons. The number of carbonyl (C=O) groups is 2. The van der Waals surface area contributed by atoms with Gasteiger partial charge in [-0.2, -0.15) is 0 Å². The van der Waals surface area contributed by atoms with Crippen LogP contribution in [0.4, 0.5) is 0 Å². The number of carbonyl (C=O) groups excluding carboxylic acids is 1. The van der Waals surface area contributed by atoms with Crippen LogP contribution >= 0.6 is 0 Å². The smallest absolute Gasteiger partial charge is 0.326 e. The Morgan fingerprint density at radius 1 is 1.28 bits per heavy atom. The summed E-state index contributed by atoms with van der Waals surface area (Å²) in [5, 5.41) is 19.8. The second-order valence-electron chi connectivity index (χ2n) is 3.66. The Morgan fingerprint density at radius 3 is 2.50 bits per heavy atom. The molecule has 1 aromatic rings. The second kappa shape index (κ2) is 7.24. The van der Waals surface area contributed by atoms with E-state index in [4.69, 9.17) is 10.2 Å². The minimum atomic E-state index is -1.16. The van der Waals surface area contributed by atoms with Gasteiger partial charge in [0.05, 0.1) is 0 Å². The maximum atomic E-state index is 11.5. The first kappa shape index (κ1) is 13.9. The van der Waals surface area contributed by atoms with E-state index in [1.54, 1.807) is 6.08 Å². The molecular formula is C13H15NO4. The maximum Gasteiger partial charge on any atom is 0.326 e. The van der Waals surface area contributed by atoms with E-state index in [1.807, 2.05) is 30.3 Å². The molecule has 1 atom stereocenters. The van der Waals surface area contributed by atoms with Gasteiger partial charge in [0.2, 0.25) is 5.91 Å². The lowest BCUT2D eigenvalue weighted by atomic mass is 10.2. The summed E-state index contributed by atoms with van der Waals surface area (Å²) in [5.74, 6) is -1.66. The van der Waals surface area contributed by atoms with Gasteiger partial charge < -0.3 is 15.5 Å². The first-order chi connectivity index (χ1) is 8.63. The first-order valence-electron chi connectivity index (χ1n) is 5.51. The lowest BCUT2D eigenvalue weighted by Crippen LogP contribution is -2.40. The van der Waals surface area contributed by atoms with Crippen LogP contribution in [0.5, 0.6) is 0 Å². The Morgan fingerprint density at radius 2 is 1.94 bits per heavy atom. The van der Waals surface area contributed by atoms with Gasteiger partial charge in [-0.25, -0.2) is 4.79 Å². The number of rotatable bonds is 6. The summed E-state index contributed by atoms with van der Waals surface area (Å²) in [6, 6.07) is 8.12. The standard InChI is InChI=1S/C13H15NO4/c15-9-8-11(13(17)18)14-12(16)7-6-10-4-2-1-3-5-10/h1-7,11,15H,8-9H2,(H,14,16)(H,17,18)/t11-/m0/s1. The molecule has 1 aromatic carbocycles. The number of nitrogens with one attached hydrogen (secondary N) is 1. The Balaban J connectivity index is 2.55. The summed E-state index contributed by atoms with van der Waals surface area (Å²) in [6.07, 6.45) is 2.84. The van der Waals surface area contributed by atoms with Gasteiger partial charge in [-0.15, -0.1) is 0 Å². The van der Waals surface area contributed by atoms with E-state index in [-0.39, 0.29) is 13.0 Å². The zero-order valence-electron chi connectivity index (χ0n) is 9.74. The number of aliphatic hydroxyl groups is 1. The molecule has 0 heterocycles. The van der Waals surface area contributed by atoms with E-state index in [2.05, 4.69) is 5.32 Å². The number of hydrogen-bond donors (Lipinski definition) is 3. The fraction of sp³-hybridized carbons (Fsp3) is 0.231. The molecule has 1 rings (SSSR count). The number of aliphatic carboxylic acids is 1. The van der Waals surface area contributed by atoms with Crippen LogP contribution in [-0.2, 0) is 9.59 Å². The van der Waals surface area contributed by atoms with Gasteiger partial charge in [0.15, 0.2) is 0 Å². The molecule has 0 aromatic heterocycles. The molecule has 5 heteroatoms. The van der Waals surface area contributed by atoms with E-state index < -0.39 is 17.9 Å². The lowest BCUT2D eigenvalue weighted by molar-refractivity contribution is -0.141. The van der Waals surface area contributed by atoms with Crippen LogP contribution in [0.1, 0.15) is 12.0 Å². The van der Waals surface area contributed by atoms with Gasteiger partial charge in [0.1, 0.15) is 6.04 Å². The molecule has 96 valence electrons. The zero-order chi connectivity index (χ0) is 13.4. The van der Waals surface area contributed by atoms with Crippen LogP contribution in [0.25, 0.3) is 6.08 Å². The van der Waals surface area contributed by atoms with Crippen LogP contribution in [0.2, 0.25) is 0 Å². The van der Waals surface area contributed by atoms with Crippen LogP contribution in [0.3, 0.4) is 0 Å². The van der Waals surface area contributed by atoms with Crippen molar-refractivity contribution in [2.45, 2.75) is 12.5 Å². The number of carboxylic acids is 1. The summed E-state index contributed by atoms with van der Waals surface area (Å²) in [5.41, 5.74) is 0.849. The van der Waals surface area contributed by atoms with Crippen LogP contribution in [0.15, 0.2) is 36.4 Å². The Kier molecular flexibility index (Phi) is 5.60. The minimum absolute atomic E-state index is 0.0136. The van der Waals surface area contributed by atoms with Gasteiger partial charge >= 0.3 is 5.97 Å². The van der Waals surface area contributed by atoms with Crippen molar-refractivity contribution in [3.05, 3.63) is 42.0 Å². The molecule has 0 spiro atoms. The molecule has 3 N–H and O–H groups in total. The third-order valence-corrected chi connectivity index (χ3v) is 2.26. The van der Waals surface area contributed by atoms with Crippen LogP contribution in [-0.4, -0.2) is 34.7 Å². The number of hydrogen-bond acceptors (Lipinski definition) is 3. The second-order valence-corrected chi connectivity index (χ2v) is 3.66. The van der Waals surface area contributed by atoms with Crippen molar-refractivity contribution < 1.29 is 19.8 Å². The molecule has 0 aliphatic carbocycles. The largest absolute Gasteiger partial charge is 0.480 e. The van der Waals surface area contributed by atoms with Crippen molar-refractivity contribution in [3.63, 3.8) is 0 Å². The molecule has 0 unspecified atom stereocenters. The highest BCUT2D eigenvalue weighted by Gasteiger charge is 2.17. The highest BCUT2D eigenvalue weighted by molar-refractivity contribution is 5.94. The molecular weight excluding hydrogens is 234 g/mol. The minimum Gasteiger partial charge on any atom is -0.480 e. The topological polar surface area (TPSA) is 86.6 Å². The maximum absolute atomic E-state index is 11.5. The van der Waals surface area contributed by atoms with Crippen molar-refractivity contribution in [1.29, 1.82) is 0 Å². The van der Waals surface area contributed by atoms with Crippen LogP contribution < -0.4 is 5.32 Å². The van der Waals surface area contributed by atoms with Crippen molar-refractivity contribution in [3.8, 4) is 0 Å². The average molecular weight is 249 g/mol. The molecule has 5 nitrogen and oxygen atoms in total. The van der Waals surface area contributed by atoms with E-state index in [0.29, 0.717) is 0 Å². The van der Waals surface area contributed by atoms with Crippen molar-refractivity contribution >= 4 is 18.0 Å². The quantitative estimate of drug-likeness (QED) is 0.646. The van der Waals surface area contributed by atoms with Crippen molar-refractivity contribution in [1.82, 2.24) is 5.32 Å². The van der Waals surface area contributed by atoms with Crippen molar-refractivity contribution in [2.75, 3.05) is 6.61 Å². The lowest BCUT2D eigenvalue weighted by Gasteiger charge is -2.11. The third kappa shape index (κ3) is 4.80. The van der Waals surface area contributed by atoms with Gasteiger partial charge in [0.25, 0.3) is 0 Å². The average Bonchev–Trinajstić information content (AvgIpc) is 2.37. The molecule has 0 aliphatic rings. The van der Waals surface area contributed by atoms with Gasteiger partial charge in [-0.3, -0.25) is 4.79 Å². The zero-order valence-corrected chi connectivity index (χ0v) is 9.74. The molecule has 0 saturated heterocycles. The number of benzene rings is 1. The summed E-state index contributed by atoms with van der Waals surface area (Å²) >= 11 is 0. The summed E-state index contributed by atoms with van der Waals surface area (Å²) in [6.45, 7) is -0.292. The highest BCUT2D eigenvalue weighted by atomic mass is 16.4. The number of carboxylic acid groups (broad SMARTS) is 1. The molecule has 0 saturated carbocycles. The predicted octanol–water partition coefficient (Wildman–Crippen LogP) is 0.652. The molecule has 0 bridgehead atoms. The Labute approximate surface area is 105 Å². The fourth-order valence-electron chi connectivity index (χ4n) is 1.34. The van der Waals surface area contributed by atoms with E-state index >= 15 is 0 Å². The molecule has 18 heavy (non-hydrogen) atoms. The molecule has 0 fully saturated rings. The van der Waals surface area contributed by atoms with Gasteiger partial charge in [0, 0.05) is 19.1 Å². The SMILES string of the molecule is O=C(C=Cc1ccccc1)N[C@@H](CCO)C(=O)O. The Bertz CT molecular complexity index is 428. The van der Waals surface area contributed by atoms with Crippen molar-refractivity contribution in [2.24, 2.45) is 0 Å².